The van der Waals surface area contributed by atoms with Crippen LogP contribution in [-0.2, 0) is 9.59 Å². The van der Waals surface area contributed by atoms with Crippen LogP contribution in [0, 0.1) is 0 Å². The molecule has 1 aliphatic heterocycles. The fourth-order valence-corrected chi connectivity index (χ4v) is 1.90. The minimum Gasteiger partial charge on any atom is -0.356 e. The lowest BCUT2D eigenvalue weighted by atomic mass is 10.2. The molecule has 0 aromatic rings. The van der Waals surface area contributed by atoms with Gasteiger partial charge in [0.1, 0.15) is 0 Å². The van der Waals surface area contributed by atoms with Gasteiger partial charge in [0.15, 0.2) is 0 Å². The average molecular weight is 241 g/mol. The normalized spacial score (nSPS) is 16.9. The highest BCUT2D eigenvalue weighted by atomic mass is 16.2. The molecule has 0 atom stereocenters. The summed E-state index contributed by atoms with van der Waals surface area (Å²) < 4.78 is 0. The molecule has 0 bridgehead atoms. The summed E-state index contributed by atoms with van der Waals surface area (Å²) in [6.45, 7) is 6.08. The zero-order valence-corrected chi connectivity index (χ0v) is 10.9. The lowest BCUT2D eigenvalue weighted by Gasteiger charge is -2.32. The van der Waals surface area contributed by atoms with Crippen LogP contribution in [0.2, 0.25) is 0 Å². The summed E-state index contributed by atoms with van der Waals surface area (Å²) in [6, 6.07) is 0. The van der Waals surface area contributed by atoms with E-state index < -0.39 is 0 Å². The van der Waals surface area contributed by atoms with Gasteiger partial charge in [-0.3, -0.25) is 9.59 Å². The van der Waals surface area contributed by atoms with Crippen molar-refractivity contribution < 1.29 is 9.59 Å². The van der Waals surface area contributed by atoms with Crippen molar-refractivity contribution in [2.75, 3.05) is 39.8 Å². The maximum Gasteiger partial charge on any atom is 0.222 e. The van der Waals surface area contributed by atoms with Crippen molar-refractivity contribution in [2.24, 2.45) is 0 Å². The molecule has 0 spiro atoms. The van der Waals surface area contributed by atoms with Crippen LogP contribution in [0.25, 0.3) is 0 Å². The van der Waals surface area contributed by atoms with Gasteiger partial charge in [-0.1, -0.05) is 0 Å². The molecule has 1 N–H and O–H groups in total. The van der Waals surface area contributed by atoms with Crippen molar-refractivity contribution in [1.82, 2.24) is 15.1 Å². The molecule has 98 valence electrons. The second-order valence-corrected chi connectivity index (χ2v) is 4.49. The number of carbonyl (C=O) groups is 2. The SMILES string of the molecule is CCNC(=O)CCCC(=O)N1CCN(C)CC1. The second-order valence-electron chi connectivity index (χ2n) is 4.49. The zero-order chi connectivity index (χ0) is 12.7. The first kappa shape index (κ1) is 14.0. The molecule has 0 aromatic carbocycles. The highest BCUT2D eigenvalue weighted by Gasteiger charge is 2.18. The van der Waals surface area contributed by atoms with Gasteiger partial charge in [0, 0.05) is 45.6 Å². The Labute approximate surface area is 103 Å². The van der Waals surface area contributed by atoms with E-state index in [1.165, 1.54) is 0 Å². The largest absolute Gasteiger partial charge is 0.356 e. The van der Waals surface area contributed by atoms with E-state index in [1.807, 2.05) is 11.8 Å². The van der Waals surface area contributed by atoms with E-state index in [0.717, 1.165) is 26.2 Å². The van der Waals surface area contributed by atoms with Gasteiger partial charge in [-0.25, -0.2) is 0 Å². The van der Waals surface area contributed by atoms with Crippen LogP contribution < -0.4 is 5.32 Å². The molecular weight excluding hydrogens is 218 g/mol. The Bertz CT molecular complexity index is 260. The molecule has 17 heavy (non-hydrogen) atoms. The Balaban J connectivity index is 2.14. The molecule has 5 heteroatoms. The lowest BCUT2D eigenvalue weighted by Crippen LogP contribution is -2.47. The summed E-state index contributed by atoms with van der Waals surface area (Å²) in [6.07, 6.45) is 1.59. The molecule has 5 nitrogen and oxygen atoms in total. The average Bonchev–Trinajstić information content (AvgIpc) is 2.30. The van der Waals surface area contributed by atoms with Crippen LogP contribution in [0.5, 0.6) is 0 Å². The Morgan fingerprint density at radius 2 is 1.76 bits per heavy atom. The molecule has 1 heterocycles. The summed E-state index contributed by atoms with van der Waals surface area (Å²) in [5, 5.41) is 2.73. The third-order valence-corrected chi connectivity index (χ3v) is 3.02. The number of carbonyl (C=O) groups excluding carboxylic acids is 2. The topological polar surface area (TPSA) is 52.7 Å². The van der Waals surface area contributed by atoms with E-state index in [2.05, 4.69) is 17.3 Å². The van der Waals surface area contributed by atoms with Crippen molar-refractivity contribution in [2.45, 2.75) is 26.2 Å². The van der Waals surface area contributed by atoms with Crippen molar-refractivity contribution in [3.05, 3.63) is 0 Å². The molecule has 0 saturated carbocycles. The van der Waals surface area contributed by atoms with Crippen molar-refractivity contribution in [3.63, 3.8) is 0 Å². The number of piperazine rings is 1. The third-order valence-electron chi connectivity index (χ3n) is 3.02. The summed E-state index contributed by atoms with van der Waals surface area (Å²) >= 11 is 0. The number of rotatable bonds is 5. The first-order valence-electron chi connectivity index (χ1n) is 6.36. The maximum atomic E-state index is 11.8. The first-order valence-corrected chi connectivity index (χ1v) is 6.36. The number of hydrogen-bond donors (Lipinski definition) is 1. The van der Waals surface area contributed by atoms with Crippen LogP contribution in [-0.4, -0.2) is 61.4 Å². The van der Waals surface area contributed by atoms with Gasteiger partial charge >= 0.3 is 0 Å². The molecule has 1 aliphatic rings. The van der Waals surface area contributed by atoms with Gasteiger partial charge in [0.05, 0.1) is 0 Å². The van der Waals surface area contributed by atoms with E-state index in [4.69, 9.17) is 0 Å². The molecule has 0 radical (unpaired) electrons. The van der Waals surface area contributed by atoms with E-state index in [0.29, 0.717) is 25.8 Å². The summed E-state index contributed by atoms with van der Waals surface area (Å²) in [4.78, 5) is 27.1. The summed E-state index contributed by atoms with van der Waals surface area (Å²) in [5.74, 6) is 0.223. The highest BCUT2D eigenvalue weighted by molar-refractivity contribution is 5.79. The van der Waals surface area contributed by atoms with Crippen LogP contribution in [0.3, 0.4) is 0 Å². The van der Waals surface area contributed by atoms with E-state index in [9.17, 15) is 9.59 Å². The Morgan fingerprint density at radius 1 is 1.12 bits per heavy atom. The molecule has 1 saturated heterocycles. The molecule has 1 rings (SSSR count). The molecule has 0 unspecified atom stereocenters. The highest BCUT2D eigenvalue weighted by Crippen LogP contribution is 2.05. The first-order chi connectivity index (χ1) is 8.13. The molecule has 0 aliphatic carbocycles. The van der Waals surface area contributed by atoms with Gasteiger partial charge in [-0.15, -0.1) is 0 Å². The number of nitrogens with zero attached hydrogens (tertiary/aromatic N) is 2. The fraction of sp³-hybridized carbons (Fsp3) is 0.833. The summed E-state index contributed by atoms with van der Waals surface area (Å²) in [5.41, 5.74) is 0. The van der Waals surface area contributed by atoms with Crippen LogP contribution >= 0.6 is 0 Å². The second kappa shape index (κ2) is 7.27. The van der Waals surface area contributed by atoms with E-state index >= 15 is 0 Å². The molecule has 1 fully saturated rings. The minimum absolute atomic E-state index is 0.0404. The van der Waals surface area contributed by atoms with Gasteiger partial charge in [0.25, 0.3) is 0 Å². The smallest absolute Gasteiger partial charge is 0.222 e. The van der Waals surface area contributed by atoms with Crippen molar-refractivity contribution in [1.29, 1.82) is 0 Å². The van der Waals surface area contributed by atoms with E-state index in [1.54, 1.807) is 0 Å². The predicted octanol–water partition coefficient (Wildman–Crippen LogP) is 0.0668. The van der Waals surface area contributed by atoms with Crippen molar-refractivity contribution >= 4 is 11.8 Å². The molecule has 0 aromatic heterocycles. The standard InChI is InChI=1S/C12H23N3O2/c1-3-13-11(16)5-4-6-12(17)15-9-7-14(2)8-10-15/h3-10H2,1-2H3,(H,13,16). The maximum absolute atomic E-state index is 11.8. The quantitative estimate of drug-likeness (QED) is 0.741. The number of likely N-dealkylation sites (N-methyl/N-ethyl adjacent to an activating group) is 1. The van der Waals surface area contributed by atoms with Crippen LogP contribution in [0.4, 0.5) is 0 Å². The molecular formula is C12H23N3O2. The fourth-order valence-electron chi connectivity index (χ4n) is 1.90. The van der Waals surface area contributed by atoms with Gasteiger partial charge in [0.2, 0.25) is 11.8 Å². The molecule has 2 amide bonds. The number of amides is 2. The minimum atomic E-state index is 0.0404. The Hall–Kier alpha value is -1.10. The monoisotopic (exact) mass is 241 g/mol. The zero-order valence-electron chi connectivity index (χ0n) is 10.9. The Morgan fingerprint density at radius 3 is 2.35 bits per heavy atom. The van der Waals surface area contributed by atoms with E-state index in [-0.39, 0.29) is 11.8 Å². The van der Waals surface area contributed by atoms with Crippen molar-refractivity contribution in [3.8, 4) is 0 Å². The number of nitrogens with one attached hydrogen (secondary N) is 1. The van der Waals surface area contributed by atoms with Gasteiger partial charge < -0.3 is 15.1 Å². The van der Waals surface area contributed by atoms with Gasteiger partial charge in [-0.05, 0) is 20.4 Å². The Kier molecular flexibility index (Phi) is 5.97. The lowest BCUT2D eigenvalue weighted by molar-refractivity contribution is -0.133. The number of hydrogen-bond acceptors (Lipinski definition) is 3. The van der Waals surface area contributed by atoms with Crippen LogP contribution in [0.1, 0.15) is 26.2 Å². The van der Waals surface area contributed by atoms with Crippen LogP contribution in [0.15, 0.2) is 0 Å². The third kappa shape index (κ3) is 5.17. The predicted molar refractivity (Wildman–Crippen MR) is 66.6 cm³/mol. The summed E-state index contributed by atoms with van der Waals surface area (Å²) in [7, 11) is 2.07. The van der Waals surface area contributed by atoms with Gasteiger partial charge in [-0.2, -0.15) is 0 Å².